The molecule has 0 aromatic heterocycles. The number of amides is 1. The monoisotopic (exact) mass is 419 g/mol. The second kappa shape index (κ2) is 8.78. The van der Waals surface area contributed by atoms with E-state index in [2.05, 4.69) is 0 Å². The van der Waals surface area contributed by atoms with Crippen LogP contribution in [0.25, 0.3) is 6.08 Å². The highest BCUT2D eigenvalue weighted by Crippen LogP contribution is 2.35. The van der Waals surface area contributed by atoms with E-state index in [1.807, 2.05) is 36.4 Å². The molecule has 0 radical (unpaired) electrons. The van der Waals surface area contributed by atoms with E-state index in [0.717, 1.165) is 11.1 Å². The van der Waals surface area contributed by atoms with Crippen LogP contribution in [-0.2, 0) is 11.2 Å². The zero-order valence-electron chi connectivity index (χ0n) is 14.9. The second-order valence-electron chi connectivity index (χ2n) is 5.82. The smallest absolute Gasteiger partial charge is 0.266 e. The summed E-state index contributed by atoms with van der Waals surface area (Å²) in [6.07, 6.45) is 2.52. The molecule has 1 aliphatic rings. The summed E-state index contributed by atoms with van der Waals surface area (Å²) in [6.45, 7) is 0.531. The fourth-order valence-corrected chi connectivity index (χ4v) is 4.09. The van der Waals surface area contributed by atoms with Crippen molar-refractivity contribution in [2.45, 2.75) is 6.42 Å². The van der Waals surface area contributed by atoms with Gasteiger partial charge in [0.2, 0.25) is 0 Å². The molecule has 0 N–H and O–H groups in total. The first-order valence-corrected chi connectivity index (χ1v) is 9.84. The predicted molar refractivity (Wildman–Crippen MR) is 115 cm³/mol. The van der Waals surface area contributed by atoms with Gasteiger partial charge in [-0.2, -0.15) is 0 Å². The molecule has 7 heteroatoms. The number of ether oxygens (including phenoxy) is 2. The number of methoxy groups -OCH3 is 2. The summed E-state index contributed by atoms with van der Waals surface area (Å²) in [7, 11) is 3.18. The minimum Gasteiger partial charge on any atom is -0.497 e. The van der Waals surface area contributed by atoms with Crippen LogP contribution in [0.2, 0.25) is 5.02 Å². The predicted octanol–water partition coefficient (Wildman–Crippen LogP) is 4.80. The molecule has 0 unspecified atom stereocenters. The number of hydrogen-bond acceptors (Lipinski definition) is 5. The molecule has 3 rings (SSSR count). The summed E-state index contributed by atoms with van der Waals surface area (Å²) >= 11 is 12.6. The zero-order valence-corrected chi connectivity index (χ0v) is 17.3. The number of halogens is 1. The molecule has 140 valence electrons. The number of benzene rings is 2. The molecule has 0 saturated carbocycles. The van der Waals surface area contributed by atoms with Gasteiger partial charge in [0.1, 0.15) is 15.8 Å². The Kier molecular flexibility index (Phi) is 6.42. The third-order valence-corrected chi connectivity index (χ3v) is 5.77. The van der Waals surface area contributed by atoms with Crippen molar-refractivity contribution in [1.29, 1.82) is 0 Å². The van der Waals surface area contributed by atoms with E-state index < -0.39 is 0 Å². The summed E-state index contributed by atoms with van der Waals surface area (Å²) in [5.74, 6) is 1.25. The van der Waals surface area contributed by atoms with Crippen molar-refractivity contribution in [2.24, 2.45) is 0 Å². The van der Waals surface area contributed by atoms with Gasteiger partial charge in [-0.25, -0.2) is 0 Å². The van der Waals surface area contributed by atoms with Crippen LogP contribution in [0.4, 0.5) is 0 Å². The van der Waals surface area contributed by atoms with Gasteiger partial charge in [-0.05, 0) is 42.3 Å². The number of carbonyl (C=O) groups excluding carboxylic acids is 1. The highest BCUT2D eigenvalue weighted by atomic mass is 35.5. The van der Waals surface area contributed by atoms with E-state index in [1.54, 1.807) is 31.3 Å². The van der Waals surface area contributed by atoms with Crippen LogP contribution < -0.4 is 9.47 Å². The van der Waals surface area contributed by atoms with Crippen molar-refractivity contribution in [2.75, 3.05) is 20.8 Å². The van der Waals surface area contributed by atoms with E-state index in [4.69, 9.17) is 33.3 Å². The molecular formula is C20H18ClNO3S2. The van der Waals surface area contributed by atoms with Crippen LogP contribution in [0.3, 0.4) is 0 Å². The maximum atomic E-state index is 12.8. The lowest BCUT2D eigenvalue weighted by molar-refractivity contribution is -0.122. The lowest BCUT2D eigenvalue weighted by atomic mass is 10.1. The molecule has 4 nitrogen and oxygen atoms in total. The number of thiocarbonyl (C=S) groups is 1. The number of thioether (sulfide) groups is 1. The minimum atomic E-state index is -0.0863. The van der Waals surface area contributed by atoms with Crippen molar-refractivity contribution in [3.05, 3.63) is 63.5 Å². The standard InChI is InChI=1S/C20H18ClNO3S2/c1-24-16-8-5-14(17(12-16)25-2)11-18-19(23)22(20(26)27-18)10-9-13-3-6-15(21)7-4-13/h3-8,11-12H,9-10H2,1-2H3/b18-11-. The number of carbonyl (C=O) groups is 1. The first-order valence-electron chi connectivity index (χ1n) is 8.23. The summed E-state index contributed by atoms with van der Waals surface area (Å²) < 4.78 is 11.2. The third kappa shape index (κ3) is 4.64. The van der Waals surface area contributed by atoms with Gasteiger partial charge in [-0.3, -0.25) is 9.69 Å². The molecule has 0 atom stereocenters. The molecule has 1 fully saturated rings. The molecule has 0 spiro atoms. The summed E-state index contributed by atoms with van der Waals surface area (Å²) in [5, 5.41) is 0.695. The van der Waals surface area contributed by atoms with Crippen LogP contribution in [-0.4, -0.2) is 35.9 Å². The van der Waals surface area contributed by atoms with Gasteiger partial charge in [-0.15, -0.1) is 0 Å². The highest BCUT2D eigenvalue weighted by molar-refractivity contribution is 8.26. The van der Waals surface area contributed by atoms with Gasteiger partial charge in [0.15, 0.2) is 0 Å². The average Bonchev–Trinajstić information content (AvgIpc) is 2.94. The molecule has 1 heterocycles. The molecule has 0 aliphatic carbocycles. The van der Waals surface area contributed by atoms with Gasteiger partial charge < -0.3 is 9.47 Å². The summed E-state index contributed by atoms with van der Waals surface area (Å²) in [6, 6.07) is 13.1. The Bertz CT molecular complexity index is 897. The Hall–Kier alpha value is -2.02. The lowest BCUT2D eigenvalue weighted by Crippen LogP contribution is -2.30. The van der Waals surface area contributed by atoms with E-state index >= 15 is 0 Å². The van der Waals surface area contributed by atoms with Gasteiger partial charge in [0.05, 0.1) is 19.1 Å². The number of hydrogen-bond donors (Lipinski definition) is 0. The van der Waals surface area contributed by atoms with Crippen LogP contribution in [0.5, 0.6) is 11.5 Å². The zero-order chi connectivity index (χ0) is 19.4. The van der Waals surface area contributed by atoms with Crippen molar-refractivity contribution in [3.8, 4) is 11.5 Å². The molecular weight excluding hydrogens is 402 g/mol. The Morgan fingerprint density at radius 1 is 1.15 bits per heavy atom. The fraction of sp³-hybridized carbons (Fsp3) is 0.200. The summed E-state index contributed by atoms with van der Waals surface area (Å²) in [4.78, 5) is 15.0. The normalized spacial score (nSPS) is 15.5. The topological polar surface area (TPSA) is 38.8 Å². The quantitative estimate of drug-likeness (QED) is 0.496. The Labute approximate surface area is 173 Å². The SMILES string of the molecule is COc1ccc(/C=C2\SC(=S)N(CCc3ccc(Cl)cc3)C2=O)c(OC)c1. The van der Waals surface area contributed by atoms with Crippen molar-refractivity contribution >= 4 is 51.9 Å². The van der Waals surface area contributed by atoms with Crippen molar-refractivity contribution < 1.29 is 14.3 Å². The number of nitrogens with zero attached hydrogens (tertiary/aromatic N) is 1. The van der Waals surface area contributed by atoms with E-state index in [9.17, 15) is 4.79 Å². The molecule has 1 aliphatic heterocycles. The first-order chi connectivity index (χ1) is 13.0. The van der Waals surface area contributed by atoms with Crippen LogP contribution in [0.15, 0.2) is 47.4 Å². The minimum absolute atomic E-state index is 0.0863. The second-order valence-corrected chi connectivity index (χ2v) is 7.93. The Morgan fingerprint density at radius 2 is 1.89 bits per heavy atom. The molecule has 1 amide bonds. The molecule has 1 saturated heterocycles. The van der Waals surface area contributed by atoms with E-state index in [-0.39, 0.29) is 5.91 Å². The van der Waals surface area contributed by atoms with Crippen LogP contribution >= 0.6 is 35.6 Å². The van der Waals surface area contributed by atoms with Crippen LogP contribution in [0.1, 0.15) is 11.1 Å². The maximum Gasteiger partial charge on any atom is 0.266 e. The highest BCUT2D eigenvalue weighted by Gasteiger charge is 2.31. The van der Waals surface area contributed by atoms with Gasteiger partial charge in [0, 0.05) is 23.2 Å². The van der Waals surface area contributed by atoms with Crippen molar-refractivity contribution in [3.63, 3.8) is 0 Å². The average molecular weight is 420 g/mol. The van der Waals surface area contributed by atoms with Crippen molar-refractivity contribution in [1.82, 2.24) is 4.90 Å². The number of rotatable bonds is 6. The molecule has 27 heavy (non-hydrogen) atoms. The van der Waals surface area contributed by atoms with E-state index in [1.165, 1.54) is 11.8 Å². The fourth-order valence-electron chi connectivity index (χ4n) is 2.66. The summed E-state index contributed by atoms with van der Waals surface area (Å²) in [5.41, 5.74) is 1.91. The Balaban J connectivity index is 1.75. The van der Waals surface area contributed by atoms with Gasteiger partial charge in [0.25, 0.3) is 5.91 Å². The van der Waals surface area contributed by atoms with E-state index in [0.29, 0.717) is 38.7 Å². The van der Waals surface area contributed by atoms with Gasteiger partial charge in [-0.1, -0.05) is 47.7 Å². The maximum absolute atomic E-state index is 12.8. The largest absolute Gasteiger partial charge is 0.497 e. The lowest BCUT2D eigenvalue weighted by Gasteiger charge is -2.14. The first kappa shape index (κ1) is 19.7. The molecule has 0 bridgehead atoms. The third-order valence-electron chi connectivity index (χ3n) is 4.14. The Morgan fingerprint density at radius 3 is 2.56 bits per heavy atom. The molecule has 2 aromatic rings. The van der Waals surface area contributed by atoms with Gasteiger partial charge >= 0.3 is 0 Å². The van der Waals surface area contributed by atoms with Crippen LogP contribution in [0, 0.1) is 0 Å². The molecule has 2 aromatic carbocycles.